The molecule has 2 atom stereocenters. The molecule has 2 amide bonds. The number of nitrogens with one attached hydrogen (secondary N) is 2. The first-order chi connectivity index (χ1) is 13.5. The van der Waals surface area contributed by atoms with Gasteiger partial charge >= 0.3 is 5.97 Å². The Morgan fingerprint density at radius 2 is 1.76 bits per heavy atom. The van der Waals surface area contributed by atoms with E-state index in [0.717, 1.165) is 16.5 Å². The Hall–Kier alpha value is -2.83. The molecule has 0 saturated heterocycles. The molecule has 0 aliphatic heterocycles. The molecular formula is C22H31N3O4. The van der Waals surface area contributed by atoms with Crippen molar-refractivity contribution >= 4 is 28.7 Å². The Kier molecular flexibility index (Phi) is 7.06. The zero-order valence-electron chi connectivity index (χ0n) is 17.8. The fourth-order valence-corrected chi connectivity index (χ4v) is 3.37. The summed E-state index contributed by atoms with van der Waals surface area (Å²) in [4.78, 5) is 36.2. The maximum absolute atomic E-state index is 12.9. The Balaban J connectivity index is 2.20. The first-order valence-electron chi connectivity index (χ1n) is 9.81. The fourth-order valence-electron chi connectivity index (χ4n) is 3.37. The van der Waals surface area contributed by atoms with Crippen molar-refractivity contribution in [3.05, 3.63) is 36.0 Å². The van der Waals surface area contributed by atoms with Crippen LogP contribution in [0, 0.1) is 5.41 Å². The number of hydrogen-bond donors (Lipinski definition) is 3. The molecule has 0 bridgehead atoms. The van der Waals surface area contributed by atoms with E-state index in [2.05, 4.69) is 10.6 Å². The summed E-state index contributed by atoms with van der Waals surface area (Å²) in [7, 11) is 1.92. The number of carbonyl (C=O) groups is 3. The topological polar surface area (TPSA) is 100 Å². The lowest BCUT2D eigenvalue weighted by atomic mass is 9.88. The van der Waals surface area contributed by atoms with E-state index >= 15 is 0 Å². The fraction of sp³-hybridized carbons (Fsp3) is 0.500. The molecule has 3 N–H and O–H groups in total. The van der Waals surface area contributed by atoms with Gasteiger partial charge in [-0.05, 0) is 29.9 Å². The summed E-state index contributed by atoms with van der Waals surface area (Å²) in [5.74, 6) is -1.91. The second kappa shape index (κ2) is 9.11. The van der Waals surface area contributed by atoms with Crippen molar-refractivity contribution in [2.75, 3.05) is 0 Å². The Bertz CT molecular complexity index is 895. The third-order valence-corrected chi connectivity index (χ3v) is 4.90. The monoisotopic (exact) mass is 401 g/mol. The van der Waals surface area contributed by atoms with E-state index in [-0.39, 0.29) is 17.7 Å². The Morgan fingerprint density at radius 3 is 2.34 bits per heavy atom. The minimum Gasteiger partial charge on any atom is -0.480 e. The van der Waals surface area contributed by atoms with Crippen molar-refractivity contribution in [1.29, 1.82) is 0 Å². The van der Waals surface area contributed by atoms with Gasteiger partial charge < -0.3 is 20.3 Å². The molecule has 1 heterocycles. The quantitative estimate of drug-likeness (QED) is 0.633. The van der Waals surface area contributed by atoms with E-state index in [0.29, 0.717) is 12.8 Å². The lowest BCUT2D eigenvalue weighted by molar-refractivity contribution is -0.142. The standard InChI is InChI=1S/C22H31N3O4/c1-14(26)23-18(12-15-13-25(5)19-9-7-6-8-16(15)19)20(27)24-17(21(28)29)10-11-22(2,3)4/h6-9,13,17-18H,10-12H2,1-5H3,(H,23,26)(H,24,27)(H,28,29)/t17-,18-/m0/s1. The number of rotatable bonds is 8. The highest BCUT2D eigenvalue weighted by Gasteiger charge is 2.28. The molecule has 0 aliphatic carbocycles. The highest BCUT2D eigenvalue weighted by molar-refractivity contribution is 5.91. The number of hydrogen-bond acceptors (Lipinski definition) is 3. The Morgan fingerprint density at radius 1 is 1.10 bits per heavy atom. The highest BCUT2D eigenvalue weighted by atomic mass is 16.4. The number of aliphatic carboxylic acids is 1. The van der Waals surface area contributed by atoms with E-state index in [1.165, 1.54) is 6.92 Å². The van der Waals surface area contributed by atoms with Crippen molar-refractivity contribution < 1.29 is 19.5 Å². The number of nitrogens with zero attached hydrogens (tertiary/aromatic N) is 1. The average Bonchev–Trinajstić information content (AvgIpc) is 2.92. The smallest absolute Gasteiger partial charge is 0.326 e. The zero-order chi connectivity index (χ0) is 21.8. The molecule has 29 heavy (non-hydrogen) atoms. The van der Waals surface area contributed by atoms with E-state index < -0.39 is 24.0 Å². The number of aromatic nitrogens is 1. The Labute approximate surface area is 171 Å². The van der Waals surface area contributed by atoms with Crippen LogP contribution in [0.2, 0.25) is 0 Å². The molecular weight excluding hydrogens is 370 g/mol. The van der Waals surface area contributed by atoms with Gasteiger partial charge in [-0.25, -0.2) is 4.79 Å². The van der Waals surface area contributed by atoms with Gasteiger partial charge in [0, 0.05) is 37.5 Å². The number of para-hydroxylation sites is 1. The number of benzene rings is 1. The van der Waals surface area contributed by atoms with Gasteiger partial charge in [-0.2, -0.15) is 0 Å². The summed E-state index contributed by atoms with van der Waals surface area (Å²) >= 11 is 0. The maximum atomic E-state index is 12.9. The van der Waals surface area contributed by atoms with Gasteiger partial charge in [-0.15, -0.1) is 0 Å². The van der Waals surface area contributed by atoms with E-state index in [1.807, 2.05) is 62.8 Å². The van der Waals surface area contributed by atoms with Crippen LogP contribution in [-0.4, -0.2) is 39.5 Å². The summed E-state index contributed by atoms with van der Waals surface area (Å²) in [5, 5.41) is 15.8. The average molecular weight is 402 g/mol. The summed E-state index contributed by atoms with van der Waals surface area (Å²) in [6.45, 7) is 7.41. The zero-order valence-corrected chi connectivity index (χ0v) is 17.8. The predicted octanol–water partition coefficient (Wildman–Crippen LogP) is 2.62. The first kappa shape index (κ1) is 22.5. The minimum absolute atomic E-state index is 0.0432. The highest BCUT2D eigenvalue weighted by Crippen LogP contribution is 2.23. The van der Waals surface area contributed by atoms with Crippen molar-refractivity contribution in [3.63, 3.8) is 0 Å². The molecule has 2 aromatic rings. The number of fused-ring (bicyclic) bond motifs is 1. The molecule has 2 rings (SSSR count). The maximum Gasteiger partial charge on any atom is 0.326 e. The molecule has 0 aliphatic rings. The van der Waals surface area contributed by atoms with Gasteiger partial charge in [0.05, 0.1) is 0 Å². The van der Waals surface area contributed by atoms with Crippen molar-refractivity contribution in [3.8, 4) is 0 Å². The SMILES string of the molecule is CC(=O)N[C@@H](Cc1cn(C)c2ccccc12)C(=O)N[C@@H](CCC(C)(C)C)C(=O)O. The summed E-state index contributed by atoms with van der Waals surface area (Å²) < 4.78 is 1.97. The third-order valence-electron chi connectivity index (χ3n) is 4.90. The molecule has 1 aromatic carbocycles. The van der Waals surface area contributed by atoms with Gasteiger partial charge in [-0.3, -0.25) is 9.59 Å². The van der Waals surface area contributed by atoms with Crippen molar-refractivity contribution in [2.45, 2.75) is 59.0 Å². The molecule has 0 spiro atoms. The molecule has 1 aromatic heterocycles. The number of carbonyl (C=O) groups excluding carboxylic acids is 2. The van der Waals surface area contributed by atoms with Gasteiger partial charge in [0.1, 0.15) is 12.1 Å². The third kappa shape index (κ3) is 6.34. The van der Waals surface area contributed by atoms with E-state index in [4.69, 9.17) is 0 Å². The normalized spacial score (nSPS) is 13.7. The second-order valence-corrected chi connectivity index (χ2v) is 8.74. The summed E-state index contributed by atoms with van der Waals surface area (Å²) in [5.41, 5.74) is 1.90. The van der Waals surface area contributed by atoms with Crippen LogP contribution in [0.25, 0.3) is 10.9 Å². The van der Waals surface area contributed by atoms with Crippen LogP contribution in [0.3, 0.4) is 0 Å². The predicted molar refractivity (Wildman–Crippen MR) is 112 cm³/mol. The van der Waals surface area contributed by atoms with Crippen LogP contribution < -0.4 is 10.6 Å². The van der Waals surface area contributed by atoms with E-state index in [9.17, 15) is 19.5 Å². The molecule has 0 radical (unpaired) electrons. The van der Waals surface area contributed by atoms with Crippen LogP contribution in [-0.2, 0) is 27.9 Å². The number of amides is 2. The van der Waals surface area contributed by atoms with Crippen LogP contribution >= 0.6 is 0 Å². The van der Waals surface area contributed by atoms with Crippen LogP contribution in [0.5, 0.6) is 0 Å². The molecule has 0 fully saturated rings. The largest absolute Gasteiger partial charge is 0.480 e. The molecule has 0 saturated carbocycles. The van der Waals surface area contributed by atoms with Gasteiger partial charge in [-0.1, -0.05) is 39.0 Å². The number of carboxylic acid groups (broad SMARTS) is 1. The van der Waals surface area contributed by atoms with Crippen molar-refractivity contribution in [1.82, 2.24) is 15.2 Å². The van der Waals surface area contributed by atoms with E-state index in [1.54, 1.807) is 0 Å². The van der Waals surface area contributed by atoms with Crippen LogP contribution in [0.4, 0.5) is 0 Å². The van der Waals surface area contributed by atoms with Gasteiger partial charge in [0.25, 0.3) is 0 Å². The molecule has 7 heteroatoms. The summed E-state index contributed by atoms with van der Waals surface area (Å²) in [6, 6.07) is 5.97. The molecule has 7 nitrogen and oxygen atoms in total. The first-order valence-corrected chi connectivity index (χ1v) is 9.81. The lowest BCUT2D eigenvalue weighted by Crippen LogP contribution is -2.52. The van der Waals surface area contributed by atoms with Crippen LogP contribution in [0.1, 0.15) is 46.1 Å². The number of aryl methyl sites for hydroxylation is 1. The minimum atomic E-state index is -1.07. The van der Waals surface area contributed by atoms with Gasteiger partial charge in [0.2, 0.25) is 11.8 Å². The van der Waals surface area contributed by atoms with Crippen molar-refractivity contribution in [2.24, 2.45) is 12.5 Å². The lowest BCUT2D eigenvalue weighted by Gasteiger charge is -2.24. The molecule has 0 unspecified atom stereocenters. The summed E-state index contributed by atoms with van der Waals surface area (Å²) in [6.07, 6.45) is 3.18. The number of carboxylic acids is 1. The molecule has 158 valence electrons. The van der Waals surface area contributed by atoms with Gasteiger partial charge in [0.15, 0.2) is 0 Å². The second-order valence-electron chi connectivity index (χ2n) is 8.74. The van der Waals surface area contributed by atoms with Crippen LogP contribution in [0.15, 0.2) is 30.5 Å².